The predicted octanol–water partition coefficient (Wildman–Crippen LogP) is 0.340. The van der Waals surface area contributed by atoms with E-state index in [1.807, 2.05) is 39.8 Å². The number of hydrogen-bond donors (Lipinski definition) is 1. The Morgan fingerprint density at radius 2 is 1.77 bits per heavy atom. The Morgan fingerprint density at radius 1 is 1.23 bits per heavy atom. The van der Waals surface area contributed by atoms with Gasteiger partial charge in [-0.3, -0.25) is 4.57 Å². The summed E-state index contributed by atoms with van der Waals surface area (Å²) in [7, 11) is 1.75. The molecule has 0 aliphatic carbocycles. The number of rotatable bonds is 0. The van der Waals surface area contributed by atoms with Crippen LogP contribution in [0.5, 0.6) is 0 Å². The molecule has 1 aromatic rings. The lowest BCUT2D eigenvalue weighted by atomic mass is 10.4. The van der Waals surface area contributed by atoms with Crippen LogP contribution in [-0.4, -0.2) is 9.55 Å². The summed E-state index contributed by atoms with van der Waals surface area (Å²) in [5.41, 5.74) is -0.0637. The number of hydrogen-bond acceptors (Lipinski definition) is 1. The highest BCUT2D eigenvalue weighted by atomic mass is 16.1. The van der Waals surface area contributed by atoms with Crippen molar-refractivity contribution in [3.05, 3.63) is 21.2 Å². The molecular formula is C10H18N2O. The van der Waals surface area contributed by atoms with Crippen molar-refractivity contribution in [3.63, 3.8) is 0 Å². The molecule has 0 spiro atoms. The predicted molar refractivity (Wildman–Crippen MR) is 56.9 cm³/mol. The van der Waals surface area contributed by atoms with Gasteiger partial charge in [0.25, 0.3) is 0 Å². The standard InChI is InChI=1S/C8H12N2O.C2H6/c1-4-6-7(5-2)10(3)8(11)9-6;1-2/h4-5H,1-3H3,(H,9,11);1-2H3/b6-4+,7-5+;. The van der Waals surface area contributed by atoms with Crippen molar-refractivity contribution < 1.29 is 0 Å². The van der Waals surface area contributed by atoms with Crippen molar-refractivity contribution in [1.29, 1.82) is 0 Å². The summed E-state index contributed by atoms with van der Waals surface area (Å²) in [6, 6.07) is 0. The van der Waals surface area contributed by atoms with E-state index in [4.69, 9.17) is 0 Å². The Labute approximate surface area is 78.4 Å². The summed E-state index contributed by atoms with van der Waals surface area (Å²) in [5, 5.41) is 1.83. The molecule has 0 saturated carbocycles. The molecule has 0 atom stereocenters. The fraction of sp³-hybridized carbons (Fsp3) is 0.500. The number of aromatic amines is 1. The molecule has 3 heteroatoms. The van der Waals surface area contributed by atoms with Crippen LogP contribution in [0.4, 0.5) is 0 Å². The van der Waals surface area contributed by atoms with Crippen molar-refractivity contribution in [1.82, 2.24) is 9.55 Å². The molecule has 13 heavy (non-hydrogen) atoms. The number of imidazole rings is 1. The molecule has 1 heterocycles. The SMILES string of the molecule is C/C=c1/[nH]c(=O)n(C)/c1=C/C.CC. The Kier molecular flexibility index (Phi) is 4.89. The number of nitrogens with zero attached hydrogens (tertiary/aromatic N) is 1. The number of nitrogens with one attached hydrogen (secondary N) is 1. The van der Waals surface area contributed by atoms with Gasteiger partial charge in [-0.15, -0.1) is 0 Å². The quantitative estimate of drug-likeness (QED) is 0.617. The van der Waals surface area contributed by atoms with E-state index in [1.165, 1.54) is 0 Å². The first-order valence-corrected chi connectivity index (χ1v) is 4.58. The van der Waals surface area contributed by atoms with Gasteiger partial charge in [-0.25, -0.2) is 4.79 Å². The molecule has 0 aliphatic rings. The highest BCUT2D eigenvalue weighted by Gasteiger charge is 1.93. The van der Waals surface area contributed by atoms with Gasteiger partial charge in [0.15, 0.2) is 0 Å². The van der Waals surface area contributed by atoms with Gasteiger partial charge in [0.1, 0.15) is 0 Å². The second kappa shape index (κ2) is 5.41. The van der Waals surface area contributed by atoms with Crippen LogP contribution in [0, 0.1) is 0 Å². The van der Waals surface area contributed by atoms with Crippen molar-refractivity contribution in [2.75, 3.05) is 0 Å². The van der Waals surface area contributed by atoms with E-state index in [0.29, 0.717) is 0 Å². The summed E-state index contributed by atoms with van der Waals surface area (Å²) in [6.45, 7) is 7.81. The molecule has 0 amide bonds. The first-order valence-electron chi connectivity index (χ1n) is 4.58. The fourth-order valence-corrected chi connectivity index (χ4v) is 1.12. The number of aromatic nitrogens is 2. The van der Waals surface area contributed by atoms with Crippen LogP contribution in [0.25, 0.3) is 12.2 Å². The maximum absolute atomic E-state index is 11.0. The zero-order valence-electron chi connectivity index (χ0n) is 9.01. The van der Waals surface area contributed by atoms with Gasteiger partial charge in [-0.2, -0.15) is 0 Å². The van der Waals surface area contributed by atoms with Gasteiger partial charge in [0.2, 0.25) is 0 Å². The van der Waals surface area contributed by atoms with Crippen LogP contribution in [0.15, 0.2) is 4.79 Å². The summed E-state index contributed by atoms with van der Waals surface area (Å²) >= 11 is 0. The first-order chi connectivity index (χ1) is 6.20. The zero-order valence-corrected chi connectivity index (χ0v) is 9.01. The van der Waals surface area contributed by atoms with Gasteiger partial charge in [0, 0.05) is 7.05 Å². The molecule has 3 nitrogen and oxygen atoms in total. The normalized spacial score (nSPS) is 12.7. The summed E-state index contributed by atoms with van der Waals surface area (Å²) < 4.78 is 1.59. The Bertz CT molecular complexity index is 409. The maximum Gasteiger partial charge on any atom is 0.326 e. The molecule has 0 unspecified atom stereocenters. The molecule has 1 rings (SSSR count). The van der Waals surface area contributed by atoms with Crippen molar-refractivity contribution in [2.24, 2.45) is 7.05 Å². The van der Waals surface area contributed by atoms with Crippen LogP contribution >= 0.6 is 0 Å². The van der Waals surface area contributed by atoms with Gasteiger partial charge in [-0.05, 0) is 13.8 Å². The molecule has 74 valence electrons. The molecule has 0 bridgehead atoms. The monoisotopic (exact) mass is 182 g/mol. The van der Waals surface area contributed by atoms with Crippen molar-refractivity contribution >= 4 is 12.2 Å². The Balaban J connectivity index is 0.000000671. The molecule has 1 aromatic heterocycles. The van der Waals surface area contributed by atoms with Gasteiger partial charge in [0.05, 0.1) is 10.7 Å². The highest BCUT2D eigenvalue weighted by molar-refractivity contribution is 5.21. The lowest BCUT2D eigenvalue weighted by Crippen LogP contribution is -2.29. The fourth-order valence-electron chi connectivity index (χ4n) is 1.12. The smallest absolute Gasteiger partial charge is 0.306 e. The van der Waals surface area contributed by atoms with E-state index in [2.05, 4.69) is 4.98 Å². The van der Waals surface area contributed by atoms with Crippen LogP contribution in [0.1, 0.15) is 27.7 Å². The van der Waals surface area contributed by atoms with E-state index in [9.17, 15) is 4.79 Å². The topological polar surface area (TPSA) is 37.8 Å². The minimum Gasteiger partial charge on any atom is -0.306 e. The minimum atomic E-state index is -0.0637. The maximum atomic E-state index is 11.0. The molecule has 0 saturated heterocycles. The molecule has 0 aliphatic heterocycles. The van der Waals surface area contributed by atoms with Crippen LogP contribution in [0.2, 0.25) is 0 Å². The molecule has 0 fully saturated rings. The number of H-pyrrole nitrogens is 1. The Hall–Kier alpha value is -1.25. The van der Waals surface area contributed by atoms with E-state index >= 15 is 0 Å². The lowest BCUT2D eigenvalue weighted by Gasteiger charge is -1.84. The minimum absolute atomic E-state index is 0.0637. The second-order valence-electron chi connectivity index (χ2n) is 2.37. The third kappa shape index (κ3) is 2.34. The van der Waals surface area contributed by atoms with Gasteiger partial charge >= 0.3 is 5.69 Å². The van der Waals surface area contributed by atoms with Crippen LogP contribution in [-0.2, 0) is 7.05 Å². The van der Waals surface area contributed by atoms with E-state index in [-0.39, 0.29) is 5.69 Å². The summed E-state index contributed by atoms with van der Waals surface area (Å²) in [6.07, 6.45) is 3.80. The average molecular weight is 182 g/mol. The zero-order chi connectivity index (χ0) is 10.4. The third-order valence-corrected chi connectivity index (χ3v) is 1.75. The van der Waals surface area contributed by atoms with E-state index in [1.54, 1.807) is 11.6 Å². The molecular weight excluding hydrogens is 164 g/mol. The Morgan fingerprint density at radius 3 is 2.08 bits per heavy atom. The first kappa shape index (κ1) is 11.8. The second-order valence-corrected chi connectivity index (χ2v) is 2.37. The van der Waals surface area contributed by atoms with Gasteiger partial charge < -0.3 is 4.98 Å². The van der Waals surface area contributed by atoms with E-state index in [0.717, 1.165) is 10.7 Å². The summed E-state index contributed by atoms with van der Waals surface area (Å²) in [4.78, 5) is 13.8. The van der Waals surface area contributed by atoms with Gasteiger partial charge in [-0.1, -0.05) is 26.0 Å². The van der Waals surface area contributed by atoms with Crippen LogP contribution < -0.4 is 16.4 Å². The van der Waals surface area contributed by atoms with Crippen molar-refractivity contribution in [3.8, 4) is 0 Å². The summed E-state index contributed by atoms with van der Waals surface area (Å²) in [5.74, 6) is 0. The molecule has 0 radical (unpaired) electrons. The average Bonchev–Trinajstić information content (AvgIpc) is 2.46. The molecule has 0 aromatic carbocycles. The molecule has 1 N–H and O–H groups in total. The third-order valence-electron chi connectivity index (χ3n) is 1.75. The van der Waals surface area contributed by atoms with Crippen molar-refractivity contribution in [2.45, 2.75) is 27.7 Å². The van der Waals surface area contributed by atoms with E-state index < -0.39 is 0 Å². The van der Waals surface area contributed by atoms with Crippen LogP contribution in [0.3, 0.4) is 0 Å². The largest absolute Gasteiger partial charge is 0.326 e. The highest BCUT2D eigenvalue weighted by Crippen LogP contribution is 1.58. The lowest BCUT2D eigenvalue weighted by molar-refractivity contribution is 0.835.